The van der Waals surface area contributed by atoms with Gasteiger partial charge in [0.1, 0.15) is 12.8 Å². The molecule has 0 aliphatic carbocycles. The summed E-state index contributed by atoms with van der Waals surface area (Å²) in [5.74, 6) is -0.247. The van der Waals surface area contributed by atoms with Crippen LogP contribution in [0.2, 0.25) is 0 Å². The molecular weight excluding hydrogens is 220 g/mol. The summed E-state index contributed by atoms with van der Waals surface area (Å²) in [6, 6.07) is 8.74. The van der Waals surface area contributed by atoms with E-state index < -0.39 is 12.1 Å². The van der Waals surface area contributed by atoms with Crippen molar-refractivity contribution in [2.45, 2.75) is 19.6 Å². The van der Waals surface area contributed by atoms with Crippen LogP contribution in [0.4, 0.5) is 4.79 Å². The summed E-state index contributed by atoms with van der Waals surface area (Å²) in [5.41, 5.74) is 1.01. The largest absolute Gasteiger partial charge is 0.356 e. The van der Waals surface area contributed by atoms with Crippen molar-refractivity contribution in [2.75, 3.05) is 6.73 Å². The van der Waals surface area contributed by atoms with Crippen LogP contribution in [0.25, 0.3) is 0 Å². The molecule has 1 aliphatic heterocycles. The average Bonchev–Trinajstić information content (AvgIpc) is 2.57. The first kappa shape index (κ1) is 11.6. The number of ether oxygens (including phenoxy) is 1. The molecule has 1 N–H and O–H groups in total. The molecule has 5 nitrogen and oxygen atoms in total. The lowest BCUT2D eigenvalue weighted by Crippen LogP contribution is -2.33. The summed E-state index contributed by atoms with van der Waals surface area (Å²) in [6.07, 6.45) is 0. The standard InChI is InChI=1S/C12H14N2O3/c1-9-11(15)14(12(16)13-9)8-17-7-10-5-3-2-4-6-10/h2-6,9H,7-8H2,1H3,(H,13,16)/t9-/m1/s1. The third-order valence-corrected chi connectivity index (χ3v) is 2.55. The monoisotopic (exact) mass is 234 g/mol. The number of benzene rings is 1. The van der Waals surface area contributed by atoms with Crippen LogP contribution in [0.15, 0.2) is 30.3 Å². The molecule has 17 heavy (non-hydrogen) atoms. The maximum atomic E-state index is 11.5. The lowest BCUT2D eigenvalue weighted by atomic mass is 10.2. The third-order valence-electron chi connectivity index (χ3n) is 2.55. The molecule has 1 heterocycles. The Hall–Kier alpha value is -1.88. The van der Waals surface area contributed by atoms with E-state index in [9.17, 15) is 9.59 Å². The van der Waals surface area contributed by atoms with Crippen LogP contribution in [-0.2, 0) is 16.1 Å². The number of nitrogens with one attached hydrogen (secondary N) is 1. The van der Waals surface area contributed by atoms with Gasteiger partial charge in [-0.25, -0.2) is 9.69 Å². The Morgan fingerprint density at radius 2 is 2.00 bits per heavy atom. The highest BCUT2D eigenvalue weighted by molar-refractivity contribution is 6.03. The van der Waals surface area contributed by atoms with Gasteiger partial charge in [0.05, 0.1) is 6.61 Å². The minimum Gasteiger partial charge on any atom is -0.356 e. The van der Waals surface area contributed by atoms with Crippen molar-refractivity contribution in [3.8, 4) is 0 Å². The molecular formula is C12H14N2O3. The van der Waals surface area contributed by atoms with Gasteiger partial charge in [-0.1, -0.05) is 30.3 Å². The molecule has 90 valence electrons. The predicted octanol–water partition coefficient (Wildman–Crippen LogP) is 1.10. The van der Waals surface area contributed by atoms with E-state index in [4.69, 9.17) is 4.74 Å². The zero-order valence-corrected chi connectivity index (χ0v) is 9.55. The minimum absolute atomic E-state index is 0.0100. The van der Waals surface area contributed by atoms with E-state index in [1.54, 1.807) is 6.92 Å². The van der Waals surface area contributed by atoms with E-state index in [1.807, 2.05) is 30.3 Å². The second kappa shape index (κ2) is 4.97. The number of carbonyl (C=O) groups is 2. The second-order valence-corrected chi connectivity index (χ2v) is 3.90. The van der Waals surface area contributed by atoms with Gasteiger partial charge in [-0.3, -0.25) is 4.79 Å². The summed E-state index contributed by atoms with van der Waals surface area (Å²) in [6.45, 7) is 2.02. The van der Waals surface area contributed by atoms with Crippen LogP contribution >= 0.6 is 0 Å². The molecule has 0 unspecified atom stereocenters. The van der Waals surface area contributed by atoms with Crippen molar-refractivity contribution in [2.24, 2.45) is 0 Å². The number of imide groups is 1. The molecule has 1 saturated heterocycles. The van der Waals surface area contributed by atoms with Crippen molar-refractivity contribution in [1.82, 2.24) is 10.2 Å². The molecule has 1 atom stereocenters. The van der Waals surface area contributed by atoms with E-state index in [2.05, 4.69) is 5.32 Å². The topological polar surface area (TPSA) is 58.6 Å². The summed E-state index contributed by atoms with van der Waals surface area (Å²) in [5, 5.41) is 2.52. The summed E-state index contributed by atoms with van der Waals surface area (Å²) in [7, 11) is 0. The molecule has 0 aromatic heterocycles. The zero-order valence-electron chi connectivity index (χ0n) is 9.55. The van der Waals surface area contributed by atoms with E-state index in [-0.39, 0.29) is 12.6 Å². The molecule has 0 radical (unpaired) electrons. The minimum atomic E-state index is -0.456. The molecule has 0 spiro atoms. The Kier molecular flexibility index (Phi) is 3.39. The van der Waals surface area contributed by atoms with Crippen molar-refractivity contribution in [3.05, 3.63) is 35.9 Å². The lowest BCUT2D eigenvalue weighted by molar-refractivity contribution is -0.131. The SMILES string of the molecule is C[C@H]1NC(=O)N(COCc2ccccc2)C1=O. The summed E-state index contributed by atoms with van der Waals surface area (Å²) < 4.78 is 5.34. The molecule has 1 aromatic carbocycles. The number of nitrogens with zero attached hydrogens (tertiary/aromatic N) is 1. The van der Waals surface area contributed by atoms with Gasteiger partial charge < -0.3 is 10.1 Å². The highest BCUT2D eigenvalue weighted by atomic mass is 16.5. The second-order valence-electron chi connectivity index (χ2n) is 3.90. The molecule has 1 aromatic rings. The van der Waals surface area contributed by atoms with Gasteiger partial charge in [0.15, 0.2) is 0 Å². The predicted molar refractivity (Wildman–Crippen MR) is 60.9 cm³/mol. The Labute approximate surface area is 99.4 Å². The molecule has 0 saturated carbocycles. The Morgan fingerprint density at radius 1 is 1.29 bits per heavy atom. The van der Waals surface area contributed by atoms with Gasteiger partial charge in [-0.2, -0.15) is 0 Å². The van der Waals surface area contributed by atoms with Crippen LogP contribution in [0.1, 0.15) is 12.5 Å². The van der Waals surface area contributed by atoms with Crippen molar-refractivity contribution in [3.63, 3.8) is 0 Å². The Bertz CT molecular complexity index is 419. The van der Waals surface area contributed by atoms with Crippen LogP contribution in [0.3, 0.4) is 0 Å². The molecule has 1 aliphatic rings. The highest BCUT2D eigenvalue weighted by Gasteiger charge is 2.34. The van der Waals surface area contributed by atoms with Crippen molar-refractivity contribution in [1.29, 1.82) is 0 Å². The van der Waals surface area contributed by atoms with Gasteiger partial charge in [-0.15, -0.1) is 0 Å². The molecule has 0 bridgehead atoms. The van der Waals surface area contributed by atoms with E-state index in [0.717, 1.165) is 10.5 Å². The number of hydrogen-bond donors (Lipinski definition) is 1. The molecule has 5 heteroatoms. The summed E-state index contributed by atoms with van der Waals surface area (Å²) >= 11 is 0. The summed E-state index contributed by atoms with van der Waals surface area (Å²) in [4.78, 5) is 23.9. The van der Waals surface area contributed by atoms with Gasteiger partial charge in [0.25, 0.3) is 5.91 Å². The van der Waals surface area contributed by atoms with Crippen LogP contribution in [0, 0.1) is 0 Å². The normalized spacial score (nSPS) is 19.6. The van der Waals surface area contributed by atoms with Crippen LogP contribution in [-0.4, -0.2) is 29.6 Å². The average molecular weight is 234 g/mol. The number of hydrogen-bond acceptors (Lipinski definition) is 3. The van der Waals surface area contributed by atoms with Gasteiger partial charge in [-0.05, 0) is 12.5 Å². The van der Waals surface area contributed by atoms with Gasteiger partial charge in [0, 0.05) is 0 Å². The fourth-order valence-electron chi connectivity index (χ4n) is 1.61. The molecule has 1 fully saturated rings. The van der Waals surface area contributed by atoms with Crippen LogP contribution in [0.5, 0.6) is 0 Å². The van der Waals surface area contributed by atoms with E-state index in [1.165, 1.54) is 0 Å². The fourth-order valence-corrected chi connectivity index (χ4v) is 1.61. The highest BCUT2D eigenvalue weighted by Crippen LogP contribution is 2.07. The number of amides is 3. The Morgan fingerprint density at radius 3 is 2.59 bits per heavy atom. The number of rotatable bonds is 4. The van der Waals surface area contributed by atoms with E-state index in [0.29, 0.717) is 6.61 Å². The molecule has 3 amide bonds. The first-order valence-electron chi connectivity index (χ1n) is 5.42. The smallest absolute Gasteiger partial charge is 0.326 e. The number of carbonyl (C=O) groups excluding carboxylic acids is 2. The zero-order chi connectivity index (χ0) is 12.3. The Balaban J connectivity index is 1.83. The molecule has 2 rings (SSSR count). The first-order valence-corrected chi connectivity index (χ1v) is 5.42. The maximum Gasteiger partial charge on any atom is 0.326 e. The van der Waals surface area contributed by atoms with Crippen molar-refractivity contribution >= 4 is 11.9 Å². The maximum absolute atomic E-state index is 11.5. The van der Waals surface area contributed by atoms with Crippen molar-refractivity contribution < 1.29 is 14.3 Å². The quantitative estimate of drug-likeness (QED) is 0.794. The fraction of sp³-hybridized carbons (Fsp3) is 0.333. The first-order chi connectivity index (χ1) is 8.18. The van der Waals surface area contributed by atoms with Gasteiger partial charge in [0.2, 0.25) is 0 Å². The lowest BCUT2D eigenvalue weighted by Gasteiger charge is -2.12. The van der Waals surface area contributed by atoms with Gasteiger partial charge >= 0.3 is 6.03 Å². The van der Waals surface area contributed by atoms with E-state index >= 15 is 0 Å². The van der Waals surface area contributed by atoms with Crippen LogP contribution < -0.4 is 5.32 Å². The number of urea groups is 1. The third kappa shape index (κ3) is 2.62.